The highest BCUT2D eigenvalue weighted by atomic mass is 16.8. The van der Waals surface area contributed by atoms with Crippen LogP contribution < -0.4 is 0 Å². The molecule has 5 rings (SSSR count). The molecule has 4 fully saturated rings. The molecule has 3 aliphatic carbocycles. The van der Waals surface area contributed by atoms with Gasteiger partial charge in [-0.05, 0) is 37.5 Å². The first-order valence-electron chi connectivity index (χ1n) is 6.80. The molecule has 2 aliphatic heterocycles. The van der Waals surface area contributed by atoms with Gasteiger partial charge >= 0.3 is 5.97 Å². The Balaban J connectivity index is 1.69. The Morgan fingerprint density at radius 3 is 3.00 bits per heavy atom. The van der Waals surface area contributed by atoms with E-state index in [4.69, 9.17) is 9.47 Å². The molecule has 3 saturated carbocycles. The molecule has 0 aromatic rings. The fourth-order valence-corrected chi connectivity index (χ4v) is 5.08. The molecular weight excluding hydrogens is 228 g/mol. The number of carbonyl (C=O) groups excluding carboxylic acids is 1. The molecule has 18 heavy (non-hydrogen) atoms. The van der Waals surface area contributed by atoms with E-state index in [0.29, 0.717) is 17.8 Å². The van der Waals surface area contributed by atoms with Crippen LogP contribution in [0, 0.1) is 23.2 Å². The molecule has 0 radical (unpaired) electrons. The number of hydrogen-bond acceptors (Lipinski definition) is 3. The second-order valence-corrected chi connectivity index (χ2v) is 6.80. The highest BCUT2D eigenvalue weighted by Crippen LogP contribution is 2.78. The number of fused-ring (bicyclic) bond motifs is 4. The van der Waals surface area contributed by atoms with Crippen molar-refractivity contribution < 1.29 is 14.3 Å². The topological polar surface area (TPSA) is 38.8 Å². The smallest absolute Gasteiger partial charge is 0.336 e. The van der Waals surface area contributed by atoms with Crippen molar-refractivity contribution in [2.45, 2.75) is 38.6 Å². The summed E-state index contributed by atoms with van der Waals surface area (Å²) in [5.74, 6) is 1.05. The molecule has 0 bridgehead atoms. The van der Waals surface area contributed by atoms with Crippen LogP contribution in [0.2, 0.25) is 0 Å². The molecule has 3 heteroatoms. The van der Waals surface area contributed by atoms with Crippen LogP contribution in [0.3, 0.4) is 0 Å². The van der Waals surface area contributed by atoms with E-state index in [1.165, 1.54) is 12.0 Å². The van der Waals surface area contributed by atoms with Gasteiger partial charge in [0.2, 0.25) is 0 Å². The van der Waals surface area contributed by atoms with Gasteiger partial charge in [0.15, 0.2) is 0 Å². The second-order valence-electron chi connectivity index (χ2n) is 6.80. The molecule has 2 heterocycles. The monoisotopic (exact) mass is 244 g/mol. The van der Waals surface area contributed by atoms with Crippen LogP contribution in [-0.4, -0.2) is 17.9 Å². The number of carbonyl (C=O) groups is 1. The minimum Gasteiger partial charge on any atom is -0.423 e. The van der Waals surface area contributed by atoms with Gasteiger partial charge in [0, 0.05) is 16.6 Å². The Morgan fingerprint density at radius 2 is 2.22 bits per heavy atom. The lowest BCUT2D eigenvalue weighted by Gasteiger charge is -2.38. The molecule has 1 spiro atoms. The van der Waals surface area contributed by atoms with Crippen LogP contribution in [-0.2, 0) is 14.3 Å². The number of ether oxygens (including phenoxy) is 2. The zero-order valence-electron chi connectivity index (χ0n) is 10.7. The van der Waals surface area contributed by atoms with Crippen LogP contribution >= 0.6 is 0 Å². The minimum absolute atomic E-state index is 0.0781. The summed E-state index contributed by atoms with van der Waals surface area (Å²) in [6.45, 7) is 8.50. The Hall–Kier alpha value is -1.09. The maximum absolute atomic E-state index is 11.8. The standard InChI is InChI=1S/C15H16O3/c1-6-8-4-11(8)14(3)9(6)5-10-7(2)12(16)17-15(10)13(14)18-15/h8-9,11,13H,1,4-5H2,2-3H3. The molecule has 6 unspecified atom stereocenters. The Bertz CT molecular complexity index is 574. The van der Waals surface area contributed by atoms with Gasteiger partial charge in [-0.15, -0.1) is 0 Å². The lowest BCUT2D eigenvalue weighted by Crippen LogP contribution is -2.42. The van der Waals surface area contributed by atoms with Crippen molar-refractivity contribution in [3.63, 3.8) is 0 Å². The van der Waals surface area contributed by atoms with Crippen molar-refractivity contribution in [1.82, 2.24) is 0 Å². The van der Waals surface area contributed by atoms with E-state index in [-0.39, 0.29) is 17.5 Å². The van der Waals surface area contributed by atoms with Gasteiger partial charge in [-0.3, -0.25) is 0 Å². The van der Waals surface area contributed by atoms with Crippen molar-refractivity contribution in [2.24, 2.45) is 23.2 Å². The SMILES string of the molecule is C=C1C2CC2C2(C)C1CC1=C(C)C(=O)OC13OC32. The third-order valence-electron chi connectivity index (χ3n) is 6.24. The predicted molar refractivity (Wildman–Crippen MR) is 63.3 cm³/mol. The van der Waals surface area contributed by atoms with Gasteiger partial charge in [-0.2, -0.15) is 0 Å². The van der Waals surface area contributed by atoms with Crippen LogP contribution in [0.1, 0.15) is 26.7 Å². The van der Waals surface area contributed by atoms with E-state index in [1.54, 1.807) is 0 Å². The molecule has 0 amide bonds. The van der Waals surface area contributed by atoms with Crippen molar-refractivity contribution >= 4 is 5.97 Å². The van der Waals surface area contributed by atoms with Crippen molar-refractivity contribution in [2.75, 3.05) is 0 Å². The summed E-state index contributed by atoms with van der Waals surface area (Å²) in [5.41, 5.74) is 3.41. The fraction of sp³-hybridized carbons (Fsp3) is 0.667. The van der Waals surface area contributed by atoms with E-state index >= 15 is 0 Å². The number of rotatable bonds is 0. The summed E-state index contributed by atoms with van der Waals surface area (Å²) in [7, 11) is 0. The maximum atomic E-state index is 11.8. The summed E-state index contributed by atoms with van der Waals surface area (Å²) in [6, 6.07) is 0. The molecule has 3 nitrogen and oxygen atoms in total. The highest BCUT2D eigenvalue weighted by molar-refractivity contribution is 5.93. The molecule has 5 aliphatic rings. The zero-order valence-corrected chi connectivity index (χ0v) is 10.7. The third kappa shape index (κ3) is 0.729. The van der Waals surface area contributed by atoms with Crippen molar-refractivity contribution in [3.8, 4) is 0 Å². The van der Waals surface area contributed by atoms with Gasteiger partial charge in [0.1, 0.15) is 6.10 Å². The molecule has 94 valence electrons. The summed E-state index contributed by atoms with van der Waals surface area (Å²) in [4.78, 5) is 11.8. The largest absolute Gasteiger partial charge is 0.423 e. The number of esters is 1. The number of epoxide rings is 1. The predicted octanol–water partition coefficient (Wildman–Crippen LogP) is 2.19. The third-order valence-corrected chi connectivity index (χ3v) is 6.24. The molecule has 1 saturated heterocycles. The average molecular weight is 244 g/mol. The second kappa shape index (κ2) is 2.34. The summed E-state index contributed by atoms with van der Waals surface area (Å²) < 4.78 is 11.5. The number of hydrogen-bond donors (Lipinski definition) is 0. The van der Waals surface area contributed by atoms with Gasteiger partial charge in [0.05, 0.1) is 0 Å². The summed E-state index contributed by atoms with van der Waals surface area (Å²) in [6.07, 6.45) is 2.25. The Kier molecular flexibility index (Phi) is 1.27. The minimum atomic E-state index is -0.663. The van der Waals surface area contributed by atoms with E-state index in [2.05, 4.69) is 13.5 Å². The zero-order chi connectivity index (χ0) is 12.4. The Morgan fingerprint density at radius 1 is 1.44 bits per heavy atom. The van der Waals surface area contributed by atoms with Crippen LogP contribution in [0.25, 0.3) is 0 Å². The quantitative estimate of drug-likeness (QED) is 0.372. The van der Waals surface area contributed by atoms with Gasteiger partial charge in [-0.1, -0.05) is 19.1 Å². The van der Waals surface area contributed by atoms with Crippen molar-refractivity contribution in [1.29, 1.82) is 0 Å². The lowest BCUT2D eigenvalue weighted by atomic mass is 9.63. The van der Waals surface area contributed by atoms with Crippen LogP contribution in [0.4, 0.5) is 0 Å². The fourth-order valence-electron chi connectivity index (χ4n) is 5.08. The Labute approximate surface area is 106 Å². The van der Waals surface area contributed by atoms with E-state index in [0.717, 1.165) is 17.6 Å². The van der Waals surface area contributed by atoms with Crippen LogP contribution in [0.5, 0.6) is 0 Å². The molecule has 0 aromatic carbocycles. The first kappa shape index (κ1) is 9.79. The van der Waals surface area contributed by atoms with E-state index in [9.17, 15) is 4.79 Å². The lowest BCUT2D eigenvalue weighted by molar-refractivity contribution is -0.146. The van der Waals surface area contributed by atoms with Gasteiger partial charge in [-0.25, -0.2) is 4.79 Å². The molecular formula is C15H16O3. The highest BCUT2D eigenvalue weighted by Gasteiger charge is 2.82. The van der Waals surface area contributed by atoms with Gasteiger partial charge < -0.3 is 9.47 Å². The van der Waals surface area contributed by atoms with Crippen LogP contribution in [0.15, 0.2) is 23.3 Å². The summed E-state index contributed by atoms with van der Waals surface area (Å²) in [5, 5.41) is 0. The molecule has 6 atom stereocenters. The van der Waals surface area contributed by atoms with Gasteiger partial charge in [0.25, 0.3) is 5.79 Å². The first-order chi connectivity index (χ1) is 8.50. The maximum Gasteiger partial charge on any atom is 0.336 e. The normalized spacial score (nSPS) is 58.8. The average Bonchev–Trinajstić information content (AvgIpc) is 3.18. The van der Waals surface area contributed by atoms with E-state index < -0.39 is 5.79 Å². The summed E-state index contributed by atoms with van der Waals surface area (Å²) >= 11 is 0. The van der Waals surface area contributed by atoms with Crippen molar-refractivity contribution in [3.05, 3.63) is 23.3 Å². The van der Waals surface area contributed by atoms with E-state index in [1.807, 2.05) is 6.92 Å². The first-order valence-corrected chi connectivity index (χ1v) is 6.80. The molecule has 0 N–H and O–H groups in total. The number of allylic oxidation sites excluding steroid dienone is 1. The molecule has 0 aromatic heterocycles.